The van der Waals surface area contributed by atoms with Crippen molar-refractivity contribution in [2.24, 2.45) is 0 Å². The van der Waals surface area contributed by atoms with Crippen LogP contribution < -0.4 is 5.32 Å². The van der Waals surface area contributed by atoms with Crippen molar-refractivity contribution in [1.82, 2.24) is 15.2 Å². The van der Waals surface area contributed by atoms with Crippen LogP contribution in [-0.4, -0.2) is 41.2 Å². The number of amides is 1. The van der Waals surface area contributed by atoms with E-state index in [1.807, 2.05) is 18.2 Å². The first-order valence-electron chi connectivity index (χ1n) is 8.33. The van der Waals surface area contributed by atoms with Crippen molar-refractivity contribution in [2.45, 2.75) is 26.8 Å². The summed E-state index contributed by atoms with van der Waals surface area (Å²) in [6.07, 6.45) is 1.57. The Labute approximate surface area is 143 Å². The number of nitrogens with zero attached hydrogens (tertiary/aromatic N) is 1. The number of aromatic amines is 1. The predicted octanol–water partition coefficient (Wildman–Crippen LogP) is 3.03. The molecule has 2 rings (SSSR count). The number of nitrogens with one attached hydrogen (secondary N) is 2. The van der Waals surface area contributed by atoms with Crippen molar-refractivity contribution >= 4 is 11.7 Å². The van der Waals surface area contributed by atoms with Gasteiger partial charge in [0.25, 0.3) is 5.91 Å². The molecule has 2 N–H and O–H groups in total. The largest absolute Gasteiger partial charge is 0.356 e. The van der Waals surface area contributed by atoms with Crippen molar-refractivity contribution in [3.8, 4) is 0 Å². The Balaban J connectivity index is 2.09. The number of hydrogen-bond donors (Lipinski definition) is 2. The van der Waals surface area contributed by atoms with E-state index in [0.29, 0.717) is 17.8 Å². The molecule has 24 heavy (non-hydrogen) atoms. The second-order valence-electron chi connectivity index (χ2n) is 5.72. The molecule has 0 aliphatic rings. The van der Waals surface area contributed by atoms with Crippen molar-refractivity contribution in [3.63, 3.8) is 0 Å². The van der Waals surface area contributed by atoms with Gasteiger partial charge in [0.1, 0.15) is 5.69 Å². The zero-order valence-corrected chi connectivity index (χ0v) is 14.5. The number of hydrogen-bond acceptors (Lipinski definition) is 3. The Morgan fingerprint density at radius 3 is 2.38 bits per heavy atom. The molecule has 1 heterocycles. The lowest BCUT2D eigenvalue weighted by atomic mass is 10.0. The van der Waals surface area contributed by atoms with Gasteiger partial charge in [-0.1, -0.05) is 44.2 Å². The number of benzene rings is 1. The summed E-state index contributed by atoms with van der Waals surface area (Å²) in [6, 6.07) is 11.9. The molecule has 2 aromatic rings. The fourth-order valence-electron chi connectivity index (χ4n) is 2.81. The highest BCUT2D eigenvalue weighted by Crippen LogP contribution is 2.19. The predicted molar refractivity (Wildman–Crippen MR) is 95.2 cm³/mol. The van der Waals surface area contributed by atoms with Gasteiger partial charge in [0.2, 0.25) is 0 Å². The Hall–Kier alpha value is -2.40. The van der Waals surface area contributed by atoms with Crippen molar-refractivity contribution in [3.05, 3.63) is 59.4 Å². The molecule has 1 amide bonds. The van der Waals surface area contributed by atoms with Gasteiger partial charge in [-0.3, -0.25) is 14.5 Å². The maximum atomic E-state index is 12.3. The number of rotatable bonds is 8. The average molecular weight is 327 g/mol. The summed E-state index contributed by atoms with van der Waals surface area (Å²) in [5.41, 5.74) is 2.10. The van der Waals surface area contributed by atoms with Crippen molar-refractivity contribution in [2.75, 3.05) is 19.6 Å². The van der Waals surface area contributed by atoms with Crippen LogP contribution in [0.15, 0.2) is 42.6 Å². The first-order valence-corrected chi connectivity index (χ1v) is 8.33. The summed E-state index contributed by atoms with van der Waals surface area (Å²) in [4.78, 5) is 28.9. The summed E-state index contributed by atoms with van der Waals surface area (Å²) in [5, 5.41) is 2.98. The van der Waals surface area contributed by atoms with Crippen LogP contribution in [0.5, 0.6) is 0 Å². The van der Waals surface area contributed by atoms with E-state index < -0.39 is 0 Å². The molecule has 0 radical (unpaired) electrons. The number of carbonyl (C=O) groups excluding carboxylic acids is 2. The number of carbonyl (C=O) groups is 2. The highest BCUT2D eigenvalue weighted by atomic mass is 16.2. The van der Waals surface area contributed by atoms with E-state index in [0.717, 1.165) is 13.1 Å². The normalized spacial score (nSPS) is 12.2. The second kappa shape index (κ2) is 8.45. The molecule has 1 atom stereocenters. The molecule has 0 spiro atoms. The topological polar surface area (TPSA) is 65.2 Å². The van der Waals surface area contributed by atoms with Gasteiger partial charge in [-0.25, -0.2) is 0 Å². The molecule has 0 aliphatic heterocycles. The lowest BCUT2D eigenvalue weighted by Gasteiger charge is -2.30. The quantitative estimate of drug-likeness (QED) is 0.733. The molecule has 0 fully saturated rings. The molecule has 128 valence electrons. The number of ketones is 1. The first-order chi connectivity index (χ1) is 11.6. The lowest BCUT2D eigenvalue weighted by Crippen LogP contribution is -2.38. The summed E-state index contributed by atoms with van der Waals surface area (Å²) in [7, 11) is 0. The van der Waals surface area contributed by atoms with E-state index in [4.69, 9.17) is 0 Å². The lowest BCUT2D eigenvalue weighted by molar-refractivity contribution is 0.0930. The highest BCUT2D eigenvalue weighted by molar-refractivity contribution is 5.99. The Morgan fingerprint density at radius 2 is 1.83 bits per heavy atom. The SMILES string of the molecule is CCN(CC)C(CNC(=O)c1cc(C(C)=O)c[nH]1)c1ccccc1. The zero-order chi connectivity index (χ0) is 17.5. The zero-order valence-electron chi connectivity index (χ0n) is 14.5. The smallest absolute Gasteiger partial charge is 0.267 e. The van der Waals surface area contributed by atoms with E-state index in [2.05, 4.69) is 41.2 Å². The highest BCUT2D eigenvalue weighted by Gasteiger charge is 2.19. The molecule has 5 heteroatoms. The minimum Gasteiger partial charge on any atom is -0.356 e. The molecular weight excluding hydrogens is 302 g/mol. The fourth-order valence-corrected chi connectivity index (χ4v) is 2.81. The van der Waals surface area contributed by atoms with Gasteiger partial charge in [0.05, 0.1) is 6.04 Å². The second-order valence-corrected chi connectivity index (χ2v) is 5.72. The molecule has 0 saturated heterocycles. The molecular formula is C19H25N3O2. The van der Waals surface area contributed by atoms with Crippen LogP contribution in [0.25, 0.3) is 0 Å². The third-order valence-electron chi connectivity index (χ3n) is 4.23. The molecule has 1 aromatic heterocycles. The number of aromatic nitrogens is 1. The van der Waals surface area contributed by atoms with Crippen LogP contribution >= 0.6 is 0 Å². The van der Waals surface area contributed by atoms with Gasteiger partial charge in [-0.2, -0.15) is 0 Å². The molecule has 1 aromatic carbocycles. The third-order valence-corrected chi connectivity index (χ3v) is 4.23. The van der Waals surface area contributed by atoms with Crippen LogP contribution in [0, 0.1) is 0 Å². The minimum absolute atomic E-state index is 0.0596. The molecule has 0 bridgehead atoms. The van der Waals surface area contributed by atoms with E-state index in [1.165, 1.54) is 12.5 Å². The Bertz CT molecular complexity index is 675. The van der Waals surface area contributed by atoms with Crippen LogP contribution in [0.1, 0.15) is 53.2 Å². The molecule has 0 aliphatic carbocycles. The van der Waals surface area contributed by atoms with E-state index in [9.17, 15) is 9.59 Å². The first kappa shape index (κ1) is 17.9. The van der Waals surface area contributed by atoms with Crippen molar-refractivity contribution in [1.29, 1.82) is 0 Å². The van der Waals surface area contributed by atoms with Crippen LogP contribution in [0.3, 0.4) is 0 Å². The Kier molecular flexibility index (Phi) is 6.32. The van der Waals surface area contributed by atoms with Gasteiger partial charge in [-0.15, -0.1) is 0 Å². The van der Waals surface area contributed by atoms with E-state index in [1.54, 1.807) is 12.3 Å². The number of H-pyrrole nitrogens is 1. The summed E-state index contributed by atoms with van der Waals surface area (Å²) in [5.74, 6) is -0.258. The maximum Gasteiger partial charge on any atom is 0.267 e. The van der Waals surface area contributed by atoms with Gasteiger partial charge >= 0.3 is 0 Å². The standard InChI is InChI=1S/C19H25N3O2/c1-4-22(5-2)18(15-9-7-6-8-10-15)13-21-19(24)17-11-16(12-20-17)14(3)23/h6-12,18,20H,4-5,13H2,1-3H3,(H,21,24). The maximum absolute atomic E-state index is 12.3. The minimum atomic E-state index is -0.199. The summed E-state index contributed by atoms with van der Waals surface area (Å²) >= 11 is 0. The average Bonchev–Trinajstić information content (AvgIpc) is 3.09. The van der Waals surface area contributed by atoms with Crippen molar-refractivity contribution < 1.29 is 9.59 Å². The van der Waals surface area contributed by atoms with Crippen LogP contribution in [0.2, 0.25) is 0 Å². The molecule has 5 nitrogen and oxygen atoms in total. The number of Topliss-reactive ketones (excluding diaryl/α,β-unsaturated/α-hetero) is 1. The van der Waals surface area contributed by atoms with Gasteiger partial charge in [-0.05, 0) is 31.6 Å². The van der Waals surface area contributed by atoms with Gasteiger partial charge in [0.15, 0.2) is 5.78 Å². The van der Waals surface area contributed by atoms with Crippen LogP contribution in [-0.2, 0) is 0 Å². The fraction of sp³-hybridized carbons (Fsp3) is 0.368. The van der Waals surface area contributed by atoms with Gasteiger partial charge < -0.3 is 10.3 Å². The molecule has 0 saturated carbocycles. The van der Waals surface area contributed by atoms with E-state index >= 15 is 0 Å². The summed E-state index contributed by atoms with van der Waals surface area (Å²) < 4.78 is 0. The van der Waals surface area contributed by atoms with E-state index in [-0.39, 0.29) is 17.7 Å². The van der Waals surface area contributed by atoms with Crippen LogP contribution in [0.4, 0.5) is 0 Å². The van der Waals surface area contributed by atoms with Gasteiger partial charge in [0, 0.05) is 18.3 Å². The number of likely N-dealkylation sites (N-methyl/N-ethyl adjacent to an activating group) is 1. The third kappa shape index (κ3) is 4.32. The molecule has 1 unspecified atom stereocenters. The Morgan fingerprint density at radius 1 is 1.17 bits per heavy atom. The summed E-state index contributed by atoms with van der Waals surface area (Å²) in [6.45, 7) is 8.04. The monoisotopic (exact) mass is 327 g/mol.